The molecule has 0 rings (SSSR count). The van der Waals surface area contributed by atoms with E-state index in [-0.39, 0.29) is 25.5 Å². The monoisotopic (exact) mass is 783 g/mol. The summed E-state index contributed by atoms with van der Waals surface area (Å²) in [6.45, 7) is 4.55. The fraction of sp³-hybridized carbons (Fsp3) is 0.795. The van der Waals surface area contributed by atoms with Gasteiger partial charge >= 0.3 is 0 Å². The maximum atomic E-state index is 12.8. The summed E-state index contributed by atoms with van der Waals surface area (Å²) in [5.74, 6) is -0.247. The van der Waals surface area contributed by atoms with Gasteiger partial charge in [0.1, 0.15) is 13.2 Å². The van der Waals surface area contributed by atoms with Crippen LogP contribution in [0, 0.1) is 0 Å². The lowest BCUT2D eigenvalue weighted by atomic mass is 10.0. The summed E-state index contributed by atoms with van der Waals surface area (Å²) in [5.41, 5.74) is 0. The number of phosphoric acid groups is 1. The number of aliphatic hydroxyl groups excluding tert-OH is 2. The molecule has 0 bridgehead atoms. The molecule has 0 spiro atoms. The van der Waals surface area contributed by atoms with Crippen molar-refractivity contribution in [2.24, 2.45) is 0 Å². The van der Waals surface area contributed by atoms with Gasteiger partial charge in [-0.2, -0.15) is 0 Å². The number of rotatable bonds is 38. The third-order valence-corrected chi connectivity index (χ3v) is 10.4. The molecule has 0 aromatic rings. The lowest BCUT2D eigenvalue weighted by molar-refractivity contribution is -0.870. The van der Waals surface area contributed by atoms with E-state index in [2.05, 4.69) is 25.2 Å². The van der Waals surface area contributed by atoms with Gasteiger partial charge in [-0.15, -0.1) is 0 Å². The zero-order valence-electron chi connectivity index (χ0n) is 35.3. The van der Waals surface area contributed by atoms with Gasteiger partial charge in [0.2, 0.25) is 5.91 Å². The van der Waals surface area contributed by atoms with Gasteiger partial charge in [-0.25, -0.2) is 0 Å². The van der Waals surface area contributed by atoms with Crippen molar-refractivity contribution in [3.05, 3.63) is 48.6 Å². The van der Waals surface area contributed by atoms with E-state index >= 15 is 0 Å². The Hall–Kier alpha value is -1.58. The van der Waals surface area contributed by atoms with E-state index in [9.17, 15) is 24.5 Å². The minimum absolute atomic E-state index is 0.0108. The Kier molecular flexibility index (Phi) is 34.8. The minimum atomic E-state index is -4.59. The first-order valence-corrected chi connectivity index (χ1v) is 23.1. The van der Waals surface area contributed by atoms with Crippen LogP contribution in [0.4, 0.5) is 0 Å². The molecule has 54 heavy (non-hydrogen) atoms. The molecule has 0 heterocycles. The van der Waals surface area contributed by atoms with Crippen molar-refractivity contribution in [1.29, 1.82) is 0 Å². The first-order valence-electron chi connectivity index (χ1n) is 21.6. The molecule has 0 aliphatic carbocycles. The molecule has 4 atom stereocenters. The first kappa shape index (κ1) is 52.4. The molecule has 0 aliphatic heterocycles. The Bertz CT molecular complexity index is 1040. The molecule has 9 nitrogen and oxygen atoms in total. The van der Waals surface area contributed by atoms with Crippen molar-refractivity contribution >= 4 is 13.7 Å². The quantitative estimate of drug-likeness (QED) is 0.0187. The van der Waals surface area contributed by atoms with Crippen LogP contribution in [0.5, 0.6) is 0 Å². The molecule has 1 unspecified atom stereocenters. The summed E-state index contributed by atoms with van der Waals surface area (Å²) in [6, 6.07) is -0.849. The largest absolute Gasteiger partial charge is 0.756 e. The second-order valence-corrected chi connectivity index (χ2v) is 17.3. The van der Waals surface area contributed by atoms with Gasteiger partial charge in [0.05, 0.1) is 46.0 Å². The second-order valence-electron chi connectivity index (χ2n) is 15.9. The number of unbranched alkanes of at least 4 members (excludes halogenated alkanes) is 17. The molecule has 0 saturated heterocycles. The van der Waals surface area contributed by atoms with Gasteiger partial charge in [0.15, 0.2) is 0 Å². The Morgan fingerprint density at radius 2 is 1.28 bits per heavy atom. The van der Waals surface area contributed by atoms with Crippen LogP contribution in [0.25, 0.3) is 0 Å². The number of quaternary nitrogens is 1. The number of hydrogen-bond acceptors (Lipinski definition) is 7. The normalized spacial score (nSPS) is 15.5. The molecule has 316 valence electrons. The number of hydrogen-bond donors (Lipinski definition) is 3. The van der Waals surface area contributed by atoms with Crippen LogP contribution in [0.1, 0.15) is 168 Å². The Morgan fingerprint density at radius 3 is 1.89 bits per heavy atom. The average Bonchev–Trinajstić information content (AvgIpc) is 3.11. The number of aliphatic hydroxyl groups is 2. The third kappa shape index (κ3) is 37.3. The molecule has 0 aliphatic rings. The zero-order valence-corrected chi connectivity index (χ0v) is 36.2. The second kappa shape index (κ2) is 35.8. The molecule has 0 aromatic heterocycles. The van der Waals surface area contributed by atoms with Gasteiger partial charge in [-0.1, -0.05) is 165 Å². The third-order valence-electron chi connectivity index (χ3n) is 9.40. The van der Waals surface area contributed by atoms with E-state index in [4.69, 9.17) is 9.05 Å². The summed E-state index contributed by atoms with van der Waals surface area (Å²) in [6.07, 6.45) is 40.0. The fourth-order valence-corrected chi connectivity index (χ4v) is 6.60. The molecule has 0 radical (unpaired) electrons. The minimum Gasteiger partial charge on any atom is -0.756 e. The number of likely N-dealkylation sites (N-methyl/N-ethyl adjacent to an activating group) is 1. The smallest absolute Gasteiger partial charge is 0.268 e. The predicted octanol–water partition coefficient (Wildman–Crippen LogP) is 10.0. The van der Waals surface area contributed by atoms with Crippen molar-refractivity contribution in [3.63, 3.8) is 0 Å². The average molecular weight is 783 g/mol. The van der Waals surface area contributed by atoms with Crippen LogP contribution in [0.3, 0.4) is 0 Å². The summed E-state index contributed by atoms with van der Waals surface area (Å²) in [7, 11) is 1.22. The fourth-order valence-electron chi connectivity index (χ4n) is 5.88. The number of nitrogens with zero attached hydrogens (tertiary/aromatic N) is 1. The molecule has 0 fully saturated rings. The molecule has 1 amide bonds. The SMILES string of the molecule is CCCCC/C=C\C[C@H](O)/C=C/C=C\C/C=C\CCCC(=O)N[C@@H](COP(=O)([O-])OCC[N+](C)(C)C)[C@H](O)CCCCCCCCCCCCCCCC. The number of carbonyl (C=O) groups excluding carboxylic acids is 1. The Balaban J connectivity index is 4.58. The number of phosphoric ester groups is 1. The van der Waals surface area contributed by atoms with Gasteiger partial charge in [0, 0.05) is 6.42 Å². The molecule has 3 N–H and O–H groups in total. The first-order chi connectivity index (χ1) is 25.9. The Morgan fingerprint density at radius 1 is 0.722 bits per heavy atom. The highest BCUT2D eigenvalue weighted by Crippen LogP contribution is 2.38. The van der Waals surface area contributed by atoms with E-state index in [0.29, 0.717) is 30.3 Å². The van der Waals surface area contributed by atoms with Gasteiger partial charge in [-0.3, -0.25) is 9.36 Å². The van der Waals surface area contributed by atoms with E-state index in [1.54, 1.807) is 6.08 Å². The topological polar surface area (TPSA) is 128 Å². The molecule has 0 aromatic carbocycles. The van der Waals surface area contributed by atoms with Gasteiger partial charge < -0.3 is 34.0 Å². The lowest BCUT2D eigenvalue weighted by Gasteiger charge is -2.30. The van der Waals surface area contributed by atoms with Gasteiger partial charge in [0.25, 0.3) is 7.82 Å². The maximum Gasteiger partial charge on any atom is 0.268 e. The van der Waals surface area contributed by atoms with E-state index in [0.717, 1.165) is 38.5 Å². The number of amides is 1. The summed E-state index contributed by atoms with van der Waals surface area (Å²) < 4.78 is 23.2. The predicted molar refractivity (Wildman–Crippen MR) is 225 cm³/mol. The van der Waals surface area contributed by atoms with E-state index < -0.39 is 26.1 Å². The summed E-state index contributed by atoms with van der Waals surface area (Å²) >= 11 is 0. The van der Waals surface area contributed by atoms with Crippen molar-refractivity contribution in [3.8, 4) is 0 Å². The summed E-state index contributed by atoms with van der Waals surface area (Å²) in [4.78, 5) is 25.3. The standard InChI is InChI=1S/C44H83N2O7P/c1-6-8-10-12-14-15-16-17-18-19-20-24-28-32-36-43(48)42(40-53-54(50,51)52-39-38-46(3,4)5)45-44(49)37-33-29-25-22-21-23-27-31-35-41(47)34-30-26-13-11-9-7-2/h22-23,25-27,30-31,35,41-43,47-48H,6-21,24,28-29,32-34,36-40H2,1-5H3,(H-,45,49,50,51)/b25-22-,27-23-,30-26-,35-31+/t41-,42-,43+/m0/s1. The number of nitrogens with one attached hydrogen (secondary N) is 1. The zero-order chi connectivity index (χ0) is 40.2. The van der Waals surface area contributed by atoms with Gasteiger partial charge in [-0.05, 0) is 44.9 Å². The number of allylic oxidation sites excluding steroid dienone is 6. The maximum absolute atomic E-state index is 12.8. The molecular formula is C44H83N2O7P. The summed E-state index contributed by atoms with van der Waals surface area (Å²) in [5, 5.41) is 23.9. The molecule has 0 saturated carbocycles. The van der Waals surface area contributed by atoms with Crippen molar-refractivity contribution in [2.75, 3.05) is 40.9 Å². The van der Waals surface area contributed by atoms with Crippen LogP contribution >= 0.6 is 7.82 Å². The van der Waals surface area contributed by atoms with Crippen molar-refractivity contribution in [2.45, 2.75) is 186 Å². The van der Waals surface area contributed by atoms with Crippen molar-refractivity contribution < 1.29 is 38.0 Å². The van der Waals surface area contributed by atoms with Crippen LogP contribution in [-0.2, 0) is 18.4 Å². The van der Waals surface area contributed by atoms with Crippen LogP contribution in [0.2, 0.25) is 0 Å². The lowest BCUT2D eigenvalue weighted by Crippen LogP contribution is -2.46. The van der Waals surface area contributed by atoms with E-state index in [1.807, 2.05) is 57.6 Å². The molecular weight excluding hydrogens is 699 g/mol. The number of carbonyl (C=O) groups is 1. The van der Waals surface area contributed by atoms with Crippen LogP contribution in [-0.4, -0.2) is 79.8 Å². The van der Waals surface area contributed by atoms with E-state index in [1.165, 1.54) is 89.9 Å². The molecule has 10 heteroatoms. The highest BCUT2D eigenvalue weighted by atomic mass is 31.2. The van der Waals surface area contributed by atoms with Crippen LogP contribution < -0.4 is 10.2 Å². The van der Waals surface area contributed by atoms with Crippen LogP contribution in [0.15, 0.2) is 48.6 Å². The van der Waals surface area contributed by atoms with Crippen molar-refractivity contribution in [1.82, 2.24) is 5.32 Å². The highest BCUT2D eigenvalue weighted by Gasteiger charge is 2.24. The Labute approximate surface area is 332 Å². The highest BCUT2D eigenvalue weighted by molar-refractivity contribution is 7.45.